The Morgan fingerprint density at radius 1 is 1.35 bits per heavy atom. The minimum Gasteiger partial charge on any atom is -0.359 e. The fourth-order valence-corrected chi connectivity index (χ4v) is 3.44. The van der Waals surface area contributed by atoms with E-state index in [4.69, 9.17) is 0 Å². The van der Waals surface area contributed by atoms with Crippen LogP contribution in [0.5, 0.6) is 0 Å². The molecule has 1 aromatic heterocycles. The van der Waals surface area contributed by atoms with Crippen molar-refractivity contribution in [3.05, 3.63) is 35.8 Å². The summed E-state index contributed by atoms with van der Waals surface area (Å²) in [5.74, 6) is -0.276. The predicted molar refractivity (Wildman–Crippen MR) is 91.2 cm³/mol. The fourth-order valence-electron chi connectivity index (χ4n) is 3.44. The van der Waals surface area contributed by atoms with E-state index in [1.165, 1.54) is 6.07 Å². The molecular formula is C19H25FN2O. The highest BCUT2D eigenvalue weighted by Gasteiger charge is 2.42. The second kappa shape index (κ2) is 5.75. The summed E-state index contributed by atoms with van der Waals surface area (Å²) < 4.78 is 14.2. The lowest BCUT2D eigenvalue weighted by molar-refractivity contribution is 0.0783. The van der Waals surface area contributed by atoms with Crippen LogP contribution < -0.4 is 5.32 Å². The zero-order valence-electron chi connectivity index (χ0n) is 14.1. The van der Waals surface area contributed by atoms with Crippen LogP contribution in [0.4, 0.5) is 4.39 Å². The number of fused-ring (bicyclic) bond motifs is 1. The molecule has 0 spiro atoms. The van der Waals surface area contributed by atoms with Gasteiger partial charge in [0.15, 0.2) is 5.78 Å². The Hall–Kier alpha value is -1.68. The minimum absolute atomic E-state index is 0.0775. The van der Waals surface area contributed by atoms with Crippen molar-refractivity contribution >= 4 is 16.7 Å². The van der Waals surface area contributed by atoms with Gasteiger partial charge in [-0.1, -0.05) is 20.8 Å². The number of nitrogens with one attached hydrogen (secondary N) is 2. The van der Waals surface area contributed by atoms with Gasteiger partial charge in [0.2, 0.25) is 0 Å². The van der Waals surface area contributed by atoms with E-state index in [0.29, 0.717) is 17.6 Å². The monoisotopic (exact) mass is 316 g/mol. The molecule has 2 heterocycles. The van der Waals surface area contributed by atoms with Crippen LogP contribution in [0.15, 0.2) is 24.4 Å². The Bertz CT molecular complexity index is 721. The molecule has 0 saturated carbocycles. The first kappa shape index (κ1) is 16.2. The van der Waals surface area contributed by atoms with Gasteiger partial charge in [0, 0.05) is 29.1 Å². The molecule has 23 heavy (non-hydrogen) atoms. The molecule has 0 amide bonds. The molecule has 1 aliphatic rings. The molecule has 2 N–H and O–H groups in total. The molecule has 3 nitrogen and oxygen atoms in total. The first-order chi connectivity index (χ1) is 10.8. The standard InChI is InChI=1S/C19H25FN2O/c1-18(2,3)5-6-19(7-9-21-12-19)17(23)14-10-13-4-8-22-16(13)15(20)11-14/h4,8,10-11,21-22H,5-7,9,12H2,1-3H3. The minimum atomic E-state index is -0.399. The summed E-state index contributed by atoms with van der Waals surface area (Å²) in [5, 5.41) is 4.08. The Balaban J connectivity index is 1.93. The molecule has 2 aromatic rings. The average molecular weight is 316 g/mol. The zero-order valence-corrected chi connectivity index (χ0v) is 14.1. The average Bonchev–Trinajstić information content (AvgIpc) is 3.13. The Morgan fingerprint density at radius 3 is 2.78 bits per heavy atom. The van der Waals surface area contributed by atoms with Gasteiger partial charge in [0.25, 0.3) is 0 Å². The maximum atomic E-state index is 14.2. The van der Waals surface area contributed by atoms with Crippen molar-refractivity contribution in [2.24, 2.45) is 10.8 Å². The molecule has 1 unspecified atom stereocenters. The van der Waals surface area contributed by atoms with Crippen molar-refractivity contribution < 1.29 is 9.18 Å². The van der Waals surface area contributed by atoms with E-state index in [0.717, 1.165) is 31.2 Å². The van der Waals surface area contributed by atoms with Crippen molar-refractivity contribution in [3.63, 3.8) is 0 Å². The largest absolute Gasteiger partial charge is 0.359 e. The maximum Gasteiger partial charge on any atom is 0.170 e. The van der Waals surface area contributed by atoms with Gasteiger partial charge >= 0.3 is 0 Å². The van der Waals surface area contributed by atoms with Crippen LogP contribution >= 0.6 is 0 Å². The van der Waals surface area contributed by atoms with E-state index in [2.05, 4.69) is 31.1 Å². The third kappa shape index (κ3) is 3.18. The fraction of sp³-hybridized carbons (Fsp3) is 0.526. The molecule has 1 fully saturated rings. The number of halogens is 1. The lowest BCUT2D eigenvalue weighted by Gasteiger charge is -2.30. The molecule has 0 radical (unpaired) electrons. The summed E-state index contributed by atoms with van der Waals surface area (Å²) in [6.45, 7) is 8.12. The van der Waals surface area contributed by atoms with E-state index < -0.39 is 5.41 Å². The molecule has 124 valence electrons. The number of hydrogen-bond acceptors (Lipinski definition) is 2. The molecule has 0 aliphatic carbocycles. The van der Waals surface area contributed by atoms with Crippen LogP contribution in [-0.4, -0.2) is 23.9 Å². The number of carbonyl (C=O) groups is 1. The molecule has 1 aromatic carbocycles. The van der Waals surface area contributed by atoms with Gasteiger partial charge in [-0.05, 0) is 49.4 Å². The number of aromatic amines is 1. The van der Waals surface area contributed by atoms with Gasteiger partial charge in [-0.2, -0.15) is 0 Å². The van der Waals surface area contributed by atoms with Gasteiger partial charge in [0.05, 0.1) is 5.52 Å². The molecule has 4 heteroatoms. The molecule has 0 bridgehead atoms. The number of benzene rings is 1. The molecular weight excluding hydrogens is 291 g/mol. The first-order valence-electron chi connectivity index (χ1n) is 8.33. The van der Waals surface area contributed by atoms with Crippen LogP contribution in [0, 0.1) is 16.6 Å². The quantitative estimate of drug-likeness (QED) is 0.826. The van der Waals surface area contributed by atoms with Crippen LogP contribution in [0.2, 0.25) is 0 Å². The van der Waals surface area contributed by atoms with Gasteiger partial charge in [-0.25, -0.2) is 4.39 Å². The highest BCUT2D eigenvalue weighted by atomic mass is 19.1. The van der Waals surface area contributed by atoms with Gasteiger partial charge in [-0.15, -0.1) is 0 Å². The summed E-state index contributed by atoms with van der Waals surface area (Å²) in [6.07, 6.45) is 4.35. The third-order valence-corrected chi connectivity index (χ3v) is 4.95. The second-order valence-corrected chi connectivity index (χ2v) is 8.00. The molecule has 1 saturated heterocycles. The van der Waals surface area contributed by atoms with Crippen molar-refractivity contribution in [1.29, 1.82) is 0 Å². The number of aromatic nitrogens is 1. The highest BCUT2D eigenvalue weighted by Crippen LogP contribution is 2.39. The van der Waals surface area contributed by atoms with Crippen molar-refractivity contribution in [2.75, 3.05) is 13.1 Å². The zero-order chi connectivity index (χ0) is 16.7. The molecule has 1 atom stereocenters. The number of H-pyrrole nitrogens is 1. The van der Waals surface area contributed by atoms with E-state index in [1.54, 1.807) is 6.20 Å². The van der Waals surface area contributed by atoms with Crippen molar-refractivity contribution in [1.82, 2.24) is 10.3 Å². The lowest BCUT2D eigenvalue weighted by Crippen LogP contribution is -2.34. The first-order valence-corrected chi connectivity index (χ1v) is 8.33. The van der Waals surface area contributed by atoms with Crippen LogP contribution in [0.1, 0.15) is 50.4 Å². The number of rotatable bonds is 4. The van der Waals surface area contributed by atoms with Gasteiger partial charge in [0.1, 0.15) is 5.82 Å². The summed E-state index contributed by atoms with van der Waals surface area (Å²) in [4.78, 5) is 16.1. The normalized spacial score (nSPS) is 21.9. The van der Waals surface area contributed by atoms with E-state index in [-0.39, 0.29) is 17.0 Å². The van der Waals surface area contributed by atoms with Crippen molar-refractivity contribution in [2.45, 2.75) is 40.0 Å². The van der Waals surface area contributed by atoms with E-state index >= 15 is 0 Å². The van der Waals surface area contributed by atoms with Crippen LogP contribution in [0.3, 0.4) is 0 Å². The summed E-state index contributed by atoms with van der Waals surface area (Å²) in [5.41, 5.74) is 0.747. The summed E-state index contributed by atoms with van der Waals surface area (Å²) in [7, 11) is 0. The van der Waals surface area contributed by atoms with Crippen molar-refractivity contribution in [3.8, 4) is 0 Å². The van der Waals surface area contributed by atoms with Crippen LogP contribution in [0.25, 0.3) is 10.9 Å². The topological polar surface area (TPSA) is 44.9 Å². The summed E-state index contributed by atoms with van der Waals surface area (Å²) in [6, 6.07) is 5.01. The summed E-state index contributed by atoms with van der Waals surface area (Å²) >= 11 is 0. The highest BCUT2D eigenvalue weighted by molar-refractivity contribution is 6.03. The van der Waals surface area contributed by atoms with Gasteiger partial charge < -0.3 is 10.3 Å². The number of Topliss-reactive ketones (excluding diaryl/α,β-unsaturated/α-hetero) is 1. The Labute approximate surface area is 136 Å². The SMILES string of the molecule is CC(C)(C)CCC1(C(=O)c2cc(F)c3[nH]ccc3c2)CCNC1. The predicted octanol–water partition coefficient (Wildman–Crippen LogP) is 4.30. The maximum absolute atomic E-state index is 14.2. The van der Waals surface area contributed by atoms with Crippen LogP contribution in [-0.2, 0) is 0 Å². The Kier molecular flexibility index (Phi) is 4.05. The van der Waals surface area contributed by atoms with E-state index in [1.807, 2.05) is 12.1 Å². The van der Waals surface area contributed by atoms with E-state index in [9.17, 15) is 9.18 Å². The van der Waals surface area contributed by atoms with Gasteiger partial charge in [-0.3, -0.25) is 4.79 Å². The number of carbonyl (C=O) groups excluding carboxylic acids is 1. The third-order valence-electron chi connectivity index (χ3n) is 4.95. The Morgan fingerprint density at radius 2 is 2.13 bits per heavy atom. The smallest absolute Gasteiger partial charge is 0.170 e. The number of hydrogen-bond donors (Lipinski definition) is 2. The second-order valence-electron chi connectivity index (χ2n) is 8.00. The molecule has 1 aliphatic heterocycles. The lowest BCUT2D eigenvalue weighted by atomic mass is 9.72. The number of ketones is 1. The molecule has 3 rings (SSSR count).